The largest absolute Gasteiger partial charge is 0.454 e. The topological polar surface area (TPSA) is 15.7 Å². The minimum Gasteiger partial charge on any atom is -0.454 e. The molecule has 0 saturated heterocycles. The quantitative estimate of drug-likeness (QED) is 0.204. The summed E-state index contributed by atoms with van der Waals surface area (Å²) >= 11 is 0. The number of para-hydroxylation sites is 4. The zero-order valence-electron chi connectivity index (χ0n) is 23.5. The molecule has 0 amide bonds. The molecule has 3 heteroatoms. The number of nitrogens with zero attached hydrogens (tertiary/aromatic N) is 2. The highest BCUT2D eigenvalue weighted by Gasteiger charge is 2.27. The van der Waals surface area contributed by atoms with E-state index in [9.17, 15) is 0 Å². The smallest absolute Gasteiger partial charge is 0.159 e. The van der Waals surface area contributed by atoms with E-state index in [0.29, 0.717) is 0 Å². The number of fused-ring (bicyclic) bond motifs is 2. The van der Waals surface area contributed by atoms with Gasteiger partial charge in [-0.3, -0.25) is 0 Å². The summed E-state index contributed by atoms with van der Waals surface area (Å²) in [7, 11) is 0. The van der Waals surface area contributed by atoms with Crippen LogP contribution in [0.15, 0.2) is 170 Å². The van der Waals surface area contributed by atoms with Gasteiger partial charge in [0.1, 0.15) is 5.75 Å². The molecule has 8 rings (SSSR count). The monoisotopic (exact) mass is 552 g/mol. The molecule has 1 heterocycles. The predicted octanol–water partition coefficient (Wildman–Crippen LogP) is 11.6. The van der Waals surface area contributed by atoms with Gasteiger partial charge in [-0.15, -0.1) is 0 Å². The van der Waals surface area contributed by atoms with E-state index in [0.717, 1.165) is 62.0 Å². The van der Waals surface area contributed by atoms with E-state index < -0.39 is 0 Å². The molecule has 0 aromatic heterocycles. The summed E-state index contributed by atoms with van der Waals surface area (Å²) in [6.07, 6.45) is 0. The van der Waals surface area contributed by atoms with Crippen molar-refractivity contribution in [3.8, 4) is 22.6 Å². The molecule has 0 radical (unpaired) electrons. The third-order valence-corrected chi connectivity index (χ3v) is 8.00. The zero-order valence-corrected chi connectivity index (χ0v) is 23.5. The van der Waals surface area contributed by atoms with E-state index in [1.807, 2.05) is 12.1 Å². The molecule has 0 atom stereocenters. The summed E-state index contributed by atoms with van der Waals surface area (Å²) in [4.78, 5) is 4.57. The maximum Gasteiger partial charge on any atom is 0.159 e. The second-order valence-corrected chi connectivity index (χ2v) is 10.6. The van der Waals surface area contributed by atoms with Crippen LogP contribution in [0.1, 0.15) is 0 Å². The van der Waals surface area contributed by atoms with Crippen LogP contribution in [0.5, 0.6) is 11.5 Å². The first kappa shape index (κ1) is 25.0. The Bertz CT molecular complexity index is 1960. The molecular formula is C40H28N2O. The molecule has 0 N–H and O–H groups in total. The minimum atomic E-state index is 0.846. The molecule has 0 aliphatic carbocycles. The van der Waals surface area contributed by atoms with Crippen LogP contribution in [0.25, 0.3) is 21.9 Å². The standard InChI is InChI=1S/C40H28N2O/c1-5-15-30(16-6-1)41(31-17-7-2-8-18-31)34-25-27-38-36(28-34)35-23-13-14-29-24-26-37(40(43-38)39(29)35)42(32-19-9-3-10-20-32)33-21-11-4-12-22-33/h1-28H. The average Bonchev–Trinajstić information content (AvgIpc) is 3.08. The van der Waals surface area contributed by atoms with E-state index in [1.54, 1.807) is 0 Å². The number of hydrogen-bond donors (Lipinski definition) is 0. The van der Waals surface area contributed by atoms with Crippen LogP contribution in [-0.2, 0) is 0 Å². The Labute approximate surface area is 251 Å². The third-order valence-electron chi connectivity index (χ3n) is 8.00. The van der Waals surface area contributed by atoms with Crippen LogP contribution in [-0.4, -0.2) is 0 Å². The lowest BCUT2D eigenvalue weighted by Crippen LogP contribution is -2.13. The van der Waals surface area contributed by atoms with E-state index in [-0.39, 0.29) is 0 Å². The van der Waals surface area contributed by atoms with Crippen LogP contribution in [0.2, 0.25) is 0 Å². The van der Waals surface area contributed by atoms with E-state index >= 15 is 0 Å². The van der Waals surface area contributed by atoms with Crippen molar-refractivity contribution < 1.29 is 4.74 Å². The molecule has 0 saturated carbocycles. The third kappa shape index (κ3) is 4.39. The fourth-order valence-electron chi connectivity index (χ4n) is 6.09. The molecule has 1 aliphatic rings. The molecule has 7 aromatic carbocycles. The lowest BCUT2D eigenvalue weighted by Gasteiger charge is -2.31. The fraction of sp³-hybridized carbons (Fsp3) is 0. The highest BCUT2D eigenvalue weighted by molar-refractivity contribution is 6.08. The van der Waals surface area contributed by atoms with Crippen LogP contribution in [0.3, 0.4) is 0 Å². The van der Waals surface area contributed by atoms with Crippen molar-refractivity contribution in [2.45, 2.75) is 0 Å². The second-order valence-electron chi connectivity index (χ2n) is 10.6. The van der Waals surface area contributed by atoms with Gasteiger partial charge in [-0.1, -0.05) is 97.1 Å². The fourth-order valence-corrected chi connectivity index (χ4v) is 6.09. The van der Waals surface area contributed by atoms with Crippen LogP contribution >= 0.6 is 0 Å². The van der Waals surface area contributed by atoms with Gasteiger partial charge < -0.3 is 14.5 Å². The maximum absolute atomic E-state index is 6.89. The van der Waals surface area contributed by atoms with Gasteiger partial charge in [-0.25, -0.2) is 0 Å². The normalized spacial score (nSPS) is 11.4. The van der Waals surface area contributed by atoms with Gasteiger partial charge in [-0.05, 0) is 83.7 Å². The number of ether oxygens (including phenoxy) is 1. The van der Waals surface area contributed by atoms with Gasteiger partial charge in [0.25, 0.3) is 0 Å². The number of rotatable bonds is 6. The van der Waals surface area contributed by atoms with Gasteiger partial charge in [0, 0.05) is 39.4 Å². The minimum absolute atomic E-state index is 0.846. The number of anilines is 6. The van der Waals surface area contributed by atoms with Crippen molar-refractivity contribution in [3.63, 3.8) is 0 Å². The van der Waals surface area contributed by atoms with Gasteiger partial charge >= 0.3 is 0 Å². The van der Waals surface area contributed by atoms with Gasteiger partial charge in [-0.2, -0.15) is 0 Å². The van der Waals surface area contributed by atoms with Crippen molar-refractivity contribution in [2.24, 2.45) is 0 Å². The number of benzene rings is 7. The van der Waals surface area contributed by atoms with Crippen LogP contribution in [0.4, 0.5) is 34.1 Å². The maximum atomic E-state index is 6.89. The highest BCUT2D eigenvalue weighted by atomic mass is 16.5. The Morgan fingerprint density at radius 1 is 0.372 bits per heavy atom. The molecule has 204 valence electrons. The Morgan fingerprint density at radius 2 is 0.907 bits per heavy atom. The van der Waals surface area contributed by atoms with E-state index in [1.165, 1.54) is 5.56 Å². The van der Waals surface area contributed by atoms with Crippen molar-refractivity contribution in [1.82, 2.24) is 0 Å². The summed E-state index contributed by atoms with van der Waals surface area (Å²) in [6, 6.07) is 59.4. The molecule has 0 spiro atoms. The Kier molecular flexibility index (Phi) is 6.12. The molecule has 3 nitrogen and oxygen atoms in total. The van der Waals surface area contributed by atoms with Gasteiger partial charge in [0.2, 0.25) is 0 Å². The molecular weight excluding hydrogens is 524 g/mol. The number of hydrogen-bond acceptors (Lipinski definition) is 3. The molecule has 7 aromatic rings. The van der Waals surface area contributed by atoms with Crippen molar-refractivity contribution in [1.29, 1.82) is 0 Å². The molecule has 0 fully saturated rings. The first-order valence-electron chi connectivity index (χ1n) is 14.5. The molecule has 1 aliphatic heterocycles. The summed E-state index contributed by atoms with van der Waals surface area (Å²) in [5.74, 6) is 1.71. The van der Waals surface area contributed by atoms with Crippen LogP contribution < -0.4 is 14.5 Å². The lowest BCUT2D eigenvalue weighted by molar-refractivity contribution is 0.488. The van der Waals surface area contributed by atoms with E-state index in [2.05, 4.69) is 168 Å². The Hall–Kier alpha value is -5.80. The molecule has 0 bridgehead atoms. The van der Waals surface area contributed by atoms with Crippen molar-refractivity contribution >= 4 is 44.9 Å². The predicted molar refractivity (Wildman–Crippen MR) is 179 cm³/mol. The molecule has 0 unspecified atom stereocenters. The van der Waals surface area contributed by atoms with Gasteiger partial charge in [0.15, 0.2) is 5.75 Å². The SMILES string of the molecule is c1ccc(N(c2ccccc2)c2ccc3c(c2)-c2cccc4ccc(N(c5ccccc5)c5ccccc5)c(c24)O3)cc1. The first-order valence-corrected chi connectivity index (χ1v) is 14.5. The summed E-state index contributed by atoms with van der Waals surface area (Å²) in [6.45, 7) is 0. The highest BCUT2D eigenvalue weighted by Crippen LogP contribution is 2.53. The summed E-state index contributed by atoms with van der Waals surface area (Å²) in [5, 5.41) is 2.27. The molecule has 43 heavy (non-hydrogen) atoms. The Balaban J connectivity index is 1.33. The lowest BCUT2D eigenvalue weighted by atomic mass is 9.93. The zero-order chi connectivity index (χ0) is 28.6. The summed E-state index contributed by atoms with van der Waals surface area (Å²) in [5.41, 5.74) is 8.69. The summed E-state index contributed by atoms with van der Waals surface area (Å²) < 4.78 is 6.89. The van der Waals surface area contributed by atoms with Crippen molar-refractivity contribution in [3.05, 3.63) is 170 Å². The Morgan fingerprint density at radius 3 is 1.47 bits per heavy atom. The second kappa shape index (κ2) is 10.6. The average molecular weight is 553 g/mol. The first-order chi connectivity index (χ1) is 21.3. The van der Waals surface area contributed by atoms with Crippen LogP contribution in [0, 0.1) is 0 Å². The van der Waals surface area contributed by atoms with Gasteiger partial charge in [0.05, 0.1) is 5.69 Å². The van der Waals surface area contributed by atoms with E-state index in [4.69, 9.17) is 4.74 Å². The van der Waals surface area contributed by atoms with Crippen molar-refractivity contribution in [2.75, 3.05) is 9.80 Å².